The summed E-state index contributed by atoms with van der Waals surface area (Å²) in [7, 11) is -5.82. The molecule has 1 amide bonds. The van der Waals surface area contributed by atoms with Crippen LogP contribution in [0.4, 0.5) is 0 Å². The van der Waals surface area contributed by atoms with Crippen molar-refractivity contribution < 1.29 is 30.6 Å². The van der Waals surface area contributed by atoms with Gasteiger partial charge in [-0.3, -0.25) is 8.98 Å². The van der Waals surface area contributed by atoms with E-state index < -0.39 is 56.1 Å². The number of sulfonamides is 1. The lowest BCUT2D eigenvalue weighted by Crippen LogP contribution is -2.58. The zero-order valence-corrected chi connectivity index (χ0v) is 26.9. The zero-order chi connectivity index (χ0) is 30.9. The minimum absolute atomic E-state index is 0.118. The van der Waals surface area contributed by atoms with Crippen molar-refractivity contribution in [3.8, 4) is 0 Å². The van der Waals surface area contributed by atoms with E-state index >= 15 is 0 Å². The van der Waals surface area contributed by atoms with Gasteiger partial charge in [0.1, 0.15) is 6.29 Å². The van der Waals surface area contributed by atoms with Crippen molar-refractivity contribution in [1.82, 2.24) is 9.21 Å². The van der Waals surface area contributed by atoms with Crippen molar-refractivity contribution in [2.24, 2.45) is 5.41 Å². The minimum atomic E-state index is -3.94. The van der Waals surface area contributed by atoms with Crippen LogP contribution < -0.4 is 0 Å². The van der Waals surface area contributed by atoms with Crippen LogP contribution in [-0.2, 0) is 33.9 Å². The van der Waals surface area contributed by atoms with Crippen LogP contribution in [0.3, 0.4) is 0 Å². The Hall–Kier alpha value is -2.02. The molecule has 4 atom stereocenters. The fourth-order valence-electron chi connectivity index (χ4n) is 5.76. The van der Waals surface area contributed by atoms with Crippen LogP contribution in [0.5, 0.6) is 0 Å². The van der Waals surface area contributed by atoms with Crippen molar-refractivity contribution in [3.63, 3.8) is 0 Å². The van der Waals surface area contributed by atoms with E-state index in [9.17, 15) is 26.4 Å². The van der Waals surface area contributed by atoms with E-state index in [0.29, 0.717) is 35.6 Å². The molecule has 0 unspecified atom stereocenters. The summed E-state index contributed by atoms with van der Waals surface area (Å²) in [5.74, 6) is -0.849. The number of halogens is 2. The van der Waals surface area contributed by atoms with Crippen molar-refractivity contribution >= 4 is 55.5 Å². The molecule has 2 aliphatic rings. The predicted molar refractivity (Wildman–Crippen MR) is 162 cm³/mol. The normalized spacial score (nSPS) is 24.1. The monoisotopic (exact) mass is 658 g/mol. The zero-order valence-electron chi connectivity index (χ0n) is 23.8. The molecule has 0 bridgehead atoms. The Morgan fingerprint density at radius 2 is 1.74 bits per heavy atom. The maximum Gasteiger partial charge on any atom is 0.264 e. The van der Waals surface area contributed by atoms with Gasteiger partial charge in [-0.15, -0.1) is 0 Å². The summed E-state index contributed by atoms with van der Waals surface area (Å²) in [5, 5.41) is 0.638. The highest BCUT2D eigenvalue weighted by molar-refractivity contribution is 7.90. The molecule has 1 aliphatic carbocycles. The fourth-order valence-corrected chi connectivity index (χ4v) is 8.13. The number of carbonyl (C=O) groups is 2. The Morgan fingerprint density at radius 1 is 1.07 bits per heavy atom. The number of amides is 1. The first kappa shape index (κ1) is 32.9. The van der Waals surface area contributed by atoms with Crippen molar-refractivity contribution in [3.05, 3.63) is 69.7 Å². The highest BCUT2D eigenvalue weighted by atomic mass is 35.5. The van der Waals surface area contributed by atoms with Crippen molar-refractivity contribution in [2.75, 3.05) is 26.5 Å². The molecule has 42 heavy (non-hydrogen) atoms. The summed E-state index contributed by atoms with van der Waals surface area (Å²) in [6, 6.07) is 13.3. The number of rotatable bonds is 13. The second kappa shape index (κ2) is 12.9. The summed E-state index contributed by atoms with van der Waals surface area (Å²) in [6.45, 7) is 1.51. The van der Waals surface area contributed by atoms with Gasteiger partial charge < -0.3 is 9.69 Å². The largest absolute Gasteiger partial charge is 0.332 e. The van der Waals surface area contributed by atoms with E-state index in [1.54, 1.807) is 42.3 Å². The summed E-state index contributed by atoms with van der Waals surface area (Å²) in [5.41, 5.74) is 0.100. The van der Waals surface area contributed by atoms with Gasteiger partial charge in [0.2, 0.25) is 15.9 Å². The highest BCUT2D eigenvalue weighted by Gasteiger charge is 2.54. The number of carbonyl (C=O) groups excluding carboxylic acids is 2. The first-order chi connectivity index (χ1) is 19.7. The fraction of sp³-hybridized carbons (Fsp3) is 0.517. The molecule has 2 fully saturated rings. The molecule has 1 saturated heterocycles. The van der Waals surface area contributed by atoms with E-state index in [2.05, 4.69) is 0 Å². The number of hydrogen-bond acceptors (Lipinski definition) is 7. The molecule has 0 N–H and O–H groups in total. The van der Waals surface area contributed by atoms with Crippen LogP contribution in [0.15, 0.2) is 48.5 Å². The molecule has 13 heteroatoms. The van der Waals surface area contributed by atoms with E-state index in [-0.39, 0.29) is 24.6 Å². The molecule has 0 radical (unpaired) electrons. The number of piperidine rings is 1. The predicted octanol–water partition coefficient (Wildman–Crippen LogP) is 4.80. The molecular weight excluding hydrogens is 623 g/mol. The Bertz CT molecular complexity index is 1510. The molecule has 1 aliphatic heterocycles. The van der Waals surface area contributed by atoms with Gasteiger partial charge in [-0.2, -0.15) is 8.42 Å². The lowest BCUT2D eigenvalue weighted by Gasteiger charge is -2.52. The Balaban J connectivity index is 1.82. The molecular formula is C29H36Cl2N2O7S2. The molecule has 9 nitrogen and oxygen atoms in total. The molecule has 1 heterocycles. The summed E-state index contributed by atoms with van der Waals surface area (Å²) in [6.07, 6.45) is 2.96. The molecule has 2 aromatic rings. The molecule has 0 spiro atoms. The molecule has 230 valence electrons. The maximum absolute atomic E-state index is 14.6. The number of aldehydes is 1. The van der Waals surface area contributed by atoms with Gasteiger partial charge in [0.05, 0.1) is 29.6 Å². The van der Waals surface area contributed by atoms with Gasteiger partial charge in [-0.05, 0) is 68.0 Å². The summed E-state index contributed by atoms with van der Waals surface area (Å²) in [4.78, 5) is 28.3. The number of nitrogens with zero attached hydrogens (tertiary/aromatic N) is 2. The van der Waals surface area contributed by atoms with Gasteiger partial charge in [-0.25, -0.2) is 12.7 Å². The number of hydrogen-bond donors (Lipinski definition) is 0. The van der Waals surface area contributed by atoms with E-state index in [1.807, 2.05) is 25.1 Å². The molecule has 0 aromatic heterocycles. The van der Waals surface area contributed by atoms with Gasteiger partial charge >= 0.3 is 0 Å². The molecule has 2 aromatic carbocycles. The summed E-state index contributed by atoms with van der Waals surface area (Å²) < 4.78 is 56.3. The Kier molecular flexibility index (Phi) is 10.1. The smallest absolute Gasteiger partial charge is 0.264 e. The van der Waals surface area contributed by atoms with Crippen LogP contribution in [0.1, 0.15) is 62.1 Å². The van der Waals surface area contributed by atoms with Crippen LogP contribution in [-0.4, -0.2) is 76.0 Å². The number of likely N-dealkylation sites (tertiary alicyclic amines) is 1. The van der Waals surface area contributed by atoms with E-state index in [4.69, 9.17) is 27.4 Å². The third-order valence-corrected chi connectivity index (χ3v) is 11.6. The third kappa shape index (κ3) is 7.36. The third-order valence-electron chi connectivity index (χ3n) is 8.21. The van der Waals surface area contributed by atoms with Gasteiger partial charge in [0, 0.05) is 42.0 Å². The standard InChI is InChI=1S/C29H36Cl2N2O7S2/c1-20(13-15-32(2)42(38,39)25-11-12-25)33-27(21-7-9-23(30)10-8-21)26(22-5-4-6-24(31)17-22)18-29(14-16-34,28(33)35)19-40-41(3,36)37/h4-10,16-17,20,25-27H,11-15,18-19H2,1-3H3/t20-,26+,27+,29-/m0/s1. The second-order valence-corrected chi connectivity index (χ2v) is 16.2. The highest BCUT2D eigenvalue weighted by Crippen LogP contribution is 2.52. The van der Waals surface area contributed by atoms with Crippen LogP contribution in [0, 0.1) is 5.41 Å². The van der Waals surface area contributed by atoms with E-state index in [1.165, 1.54) is 4.31 Å². The quantitative estimate of drug-likeness (QED) is 0.224. The van der Waals surface area contributed by atoms with Crippen LogP contribution in [0.2, 0.25) is 10.0 Å². The molecule has 4 rings (SSSR count). The second-order valence-electron chi connectivity index (χ2n) is 11.4. The first-order valence-corrected chi connectivity index (χ1v) is 17.8. The number of benzene rings is 2. The van der Waals surface area contributed by atoms with Gasteiger partial charge in [-0.1, -0.05) is 47.5 Å². The average molecular weight is 660 g/mol. The Morgan fingerprint density at radius 3 is 2.31 bits per heavy atom. The van der Waals surface area contributed by atoms with Crippen molar-refractivity contribution in [1.29, 1.82) is 0 Å². The van der Waals surface area contributed by atoms with Crippen molar-refractivity contribution in [2.45, 2.75) is 62.3 Å². The van der Waals surface area contributed by atoms with E-state index in [0.717, 1.165) is 17.4 Å². The topological polar surface area (TPSA) is 118 Å². The average Bonchev–Trinajstić information content (AvgIpc) is 3.78. The maximum atomic E-state index is 14.6. The van der Waals surface area contributed by atoms with Gasteiger partial charge in [0.25, 0.3) is 10.1 Å². The Labute approximate surface area is 258 Å². The first-order valence-electron chi connectivity index (χ1n) is 13.8. The van der Waals surface area contributed by atoms with Crippen LogP contribution in [0.25, 0.3) is 0 Å². The van der Waals surface area contributed by atoms with Crippen LogP contribution >= 0.6 is 23.2 Å². The lowest BCUT2D eigenvalue weighted by atomic mass is 9.66. The summed E-state index contributed by atoms with van der Waals surface area (Å²) >= 11 is 12.6. The molecule has 1 saturated carbocycles. The minimum Gasteiger partial charge on any atom is -0.332 e. The SMILES string of the molecule is C[C@@H](CCN(C)S(=O)(=O)C1CC1)N1C(=O)[C@](CC=O)(COS(C)(=O)=O)C[C@H](c2cccc(Cl)c2)[C@H]1c1ccc(Cl)cc1. The van der Waals surface area contributed by atoms with Gasteiger partial charge in [0.15, 0.2) is 0 Å². The lowest BCUT2D eigenvalue weighted by molar-refractivity contribution is -0.159.